The molecular formula is C21H32N4O2. The Labute approximate surface area is 162 Å². The fourth-order valence-electron chi connectivity index (χ4n) is 3.92. The molecule has 1 aromatic rings. The van der Waals surface area contributed by atoms with Gasteiger partial charge >= 0.3 is 0 Å². The molecule has 1 N–H and O–H groups in total. The minimum atomic E-state index is -0.128. The molecular weight excluding hydrogens is 340 g/mol. The van der Waals surface area contributed by atoms with Crippen LogP contribution in [0.2, 0.25) is 0 Å². The van der Waals surface area contributed by atoms with E-state index in [2.05, 4.69) is 28.1 Å². The summed E-state index contributed by atoms with van der Waals surface area (Å²) in [6, 6.07) is 8.06. The number of nitrogens with zero attached hydrogens (tertiary/aromatic N) is 3. The van der Waals surface area contributed by atoms with E-state index in [0.29, 0.717) is 6.54 Å². The van der Waals surface area contributed by atoms with Gasteiger partial charge in [-0.25, -0.2) is 0 Å². The van der Waals surface area contributed by atoms with Crippen molar-refractivity contribution in [2.45, 2.75) is 39.2 Å². The molecule has 1 atom stereocenters. The molecule has 2 aliphatic heterocycles. The van der Waals surface area contributed by atoms with E-state index in [4.69, 9.17) is 0 Å². The predicted molar refractivity (Wildman–Crippen MR) is 108 cm³/mol. The third-order valence-corrected chi connectivity index (χ3v) is 5.68. The van der Waals surface area contributed by atoms with Gasteiger partial charge in [0.05, 0.1) is 12.6 Å². The summed E-state index contributed by atoms with van der Waals surface area (Å²) in [7, 11) is 0. The highest BCUT2D eigenvalue weighted by Crippen LogP contribution is 2.28. The standard InChI is InChI=1S/C21H32N4O2/c1-3-4-10-22-20(26)16-23-12-14-24(15-13-23)17(2)21(27)25-11-9-18-7-5-6-8-19(18)25/h5-8,17H,3-4,9-16H2,1-2H3,(H,22,26)/t17-/m1/s1. The Morgan fingerprint density at radius 2 is 1.85 bits per heavy atom. The third-order valence-electron chi connectivity index (χ3n) is 5.68. The molecule has 0 bridgehead atoms. The summed E-state index contributed by atoms with van der Waals surface area (Å²) in [6.45, 7) is 9.43. The van der Waals surface area contributed by atoms with E-state index in [1.54, 1.807) is 0 Å². The number of piperazine rings is 1. The number of para-hydroxylation sites is 1. The SMILES string of the molecule is CCCCNC(=O)CN1CCN([C@H](C)C(=O)N2CCc3ccccc32)CC1. The van der Waals surface area contributed by atoms with Crippen molar-refractivity contribution in [3.8, 4) is 0 Å². The van der Waals surface area contributed by atoms with Gasteiger partial charge in [0, 0.05) is 45.0 Å². The number of unbranched alkanes of at least 4 members (excludes halogenated alkanes) is 1. The third kappa shape index (κ3) is 4.87. The van der Waals surface area contributed by atoms with Gasteiger partial charge in [-0.05, 0) is 31.4 Å². The number of anilines is 1. The topological polar surface area (TPSA) is 55.9 Å². The molecule has 2 aliphatic rings. The Kier molecular flexibility index (Phi) is 6.85. The maximum absolute atomic E-state index is 13.0. The van der Waals surface area contributed by atoms with Crippen LogP contribution in [0.5, 0.6) is 0 Å². The van der Waals surface area contributed by atoms with Crippen LogP contribution in [0.1, 0.15) is 32.3 Å². The highest BCUT2D eigenvalue weighted by atomic mass is 16.2. The summed E-state index contributed by atoms with van der Waals surface area (Å²) in [6.07, 6.45) is 3.06. The van der Waals surface area contributed by atoms with Crippen molar-refractivity contribution in [2.24, 2.45) is 0 Å². The van der Waals surface area contributed by atoms with Crippen LogP contribution < -0.4 is 10.2 Å². The fraction of sp³-hybridized carbons (Fsp3) is 0.619. The maximum Gasteiger partial charge on any atom is 0.244 e. The summed E-state index contributed by atoms with van der Waals surface area (Å²) < 4.78 is 0. The van der Waals surface area contributed by atoms with E-state index in [9.17, 15) is 9.59 Å². The van der Waals surface area contributed by atoms with Crippen molar-refractivity contribution in [1.29, 1.82) is 0 Å². The molecule has 1 fully saturated rings. The fourth-order valence-corrected chi connectivity index (χ4v) is 3.92. The van der Waals surface area contributed by atoms with Crippen LogP contribution in [0.25, 0.3) is 0 Å². The molecule has 3 rings (SSSR count). The second-order valence-electron chi connectivity index (χ2n) is 7.56. The number of benzene rings is 1. The van der Waals surface area contributed by atoms with Crippen LogP contribution in [-0.4, -0.2) is 73.5 Å². The lowest BCUT2D eigenvalue weighted by molar-refractivity contribution is -0.126. The lowest BCUT2D eigenvalue weighted by Gasteiger charge is -2.38. The largest absolute Gasteiger partial charge is 0.355 e. The first-order valence-corrected chi connectivity index (χ1v) is 10.2. The molecule has 148 valence electrons. The molecule has 0 saturated carbocycles. The molecule has 0 aromatic heterocycles. The molecule has 0 radical (unpaired) electrons. The lowest BCUT2D eigenvalue weighted by Crippen LogP contribution is -2.55. The number of rotatable bonds is 7. The lowest BCUT2D eigenvalue weighted by atomic mass is 10.1. The molecule has 0 spiro atoms. The van der Waals surface area contributed by atoms with Crippen molar-refractivity contribution in [1.82, 2.24) is 15.1 Å². The number of hydrogen-bond donors (Lipinski definition) is 1. The van der Waals surface area contributed by atoms with Gasteiger partial charge in [-0.2, -0.15) is 0 Å². The Bertz CT molecular complexity index is 655. The molecule has 6 nitrogen and oxygen atoms in total. The first-order chi connectivity index (χ1) is 13.1. The van der Waals surface area contributed by atoms with Crippen molar-refractivity contribution in [3.63, 3.8) is 0 Å². The second-order valence-corrected chi connectivity index (χ2v) is 7.56. The minimum Gasteiger partial charge on any atom is -0.355 e. The van der Waals surface area contributed by atoms with Gasteiger partial charge in [-0.1, -0.05) is 31.5 Å². The number of carbonyl (C=O) groups excluding carboxylic acids is 2. The Morgan fingerprint density at radius 1 is 1.11 bits per heavy atom. The van der Waals surface area contributed by atoms with Gasteiger partial charge in [0.2, 0.25) is 11.8 Å². The van der Waals surface area contributed by atoms with E-state index in [1.165, 1.54) is 5.56 Å². The monoisotopic (exact) mass is 372 g/mol. The van der Waals surface area contributed by atoms with E-state index in [-0.39, 0.29) is 17.9 Å². The molecule has 0 aliphatic carbocycles. The zero-order valence-corrected chi connectivity index (χ0v) is 16.6. The number of amides is 2. The molecule has 6 heteroatoms. The second kappa shape index (κ2) is 9.33. The van der Waals surface area contributed by atoms with Gasteiger partial charge in [-0.15, -0.1) is 0 Å². The average Bonchev–Trinajstić information content (AvgIpc) is 3.12. The highest BCUT2D eigenvalue weighted by Gasteiger charge is 2.32. The summed E-state index contributed by atoms with van der Waals surface area (Å²) in [5.74, 6) is 0.292. The van der Waals surface area contributed by atoms with Crippen molar-refractivity contribution < 1.29 is 9.59 Å². The highest BCUT2D eigenvalue weighted by molar-refractivity contribution is 5.98. The summed E-state index contributed by atoms with van der Waals surface area (Å²) in [5.41, 5.74) is 2.33. The molecule has 1 aromatic carbocycles. The number of carbonyl (C=O) groups is 2. The molecule has 0 unspecified atom stereocenters. The van der Waals surface area contributed by atoms with Crippen LogP contribution in [0.15, 0.2) is 24.3 Å². The van der Waals surface area contributed by atoms with Gasteiger partial charge in [0.25, 0.3) is 0 Å². The quantitative estimate of drug-likeness (QED) is 0.737. The number of fused-ring (bicyclic) bond motifs is 1. The molecule has 2 amide bonds. The maximum atomic E-state index is 13.0. The van der Waals surface area contributed by atoms with Crippen LogP contribution in [-0.2, 0) is 16.0 Å². The zero-order valence-electron chi connectivity index (χ0n) is 16.6. The van der Waals surface area contributed by atoms with E-state index in [0.717, 1.165) is 64.2 Å². The summed E-state index contributed by atoms with van der Waals surface area (Å²) in [4.78, 5) is 31.4. The van der Waals surface area contributed by atoms with Gasteiger partial charge in [0.15, 0.2) is 0 Å². The first-order valence-electron chi connectivity index (χ1n) is 10.2. The Morgan fingerprint density at radius 3 is 2.59 bits per heavy atom. The Hall–Kier alpha value is -1.92. The Balaban J connectivity index is 1.47. The van der Waals surface area contributed by atoms with E-state index >= 15 is 0 Å². The smallest absolute Gasteiger partial charge is 0.244 e. The van der Waals surface area contributed by atoms with Crippen LogP contribution in [0, 0.1) is 0 Å². The van der Waals surface area contributed by atoms with Crippen molar-refractivity contribution in [2.75, 3.05) is 50.7 Å². The van der Waals surface area contributed by atoms with Crippen LogP contribution in [0.4, 0.5) is 5.69 Å². The van der Waals surface area contributed by atoms with Crippen LogP contribution >= 0.6 is 0 Å². The van der Waals surface area contributed by atoms with Gasteiger partial charge in [-0.3, -0.25) is 19.4 Å². The summed E-state index contributed by atoms with van der Waals surface area (Å²) >= 11 is 0. The van der Waals surface area contributed by atoms with Gasteiger partial charge in [0.1, 0.15) is 0 Å². The van der Waals surface area contributed by atoms with E-state index in [1.807, 2.05) is 30.0 Å². The zero-order chi connectivity index (χ0) is 19.2. The molecule has 1 saturated heterocycles. The van der Waals surface area contributed by atoms with Crippen molar-refractivity contribution in [3.05, 3.63) is 29.8 Å². The molecule has 2 heterocycles. The average molecular weight is 373 g/mol. The minimum absolute atomic E-state index is 0.106. The van der Waals surface area contributed by atoms with Gasteiger partial charge < -0.3 is 10.2 Å². The first kappa shape index (κ1) is 19.8. The predicted octanol–water partition coefficient (Wildman–Crippen LogP) is 1.50. The molecule has 27 heavy (non-hydrogen) atoms. The van der Waals surface area contributed by atoms with Crippen LogP contribution in [0.3, 0.4) is 0 Å². The summed E-state index contributed by atoms with van der Waals surface area (Å²) in [5, 5.41) is 2.97. The number of nitrogens with one attached hydrogen (secondary N) is 1. The normalized spacial score (nSPS) is 19.0. The number of hydrogen-bond acceptors (Lipinski definition) is 4. The van der Waals surface area contributed by atoms with Crippen molar-refractivity contribution >= 4 is 17.5 Å². The van der Waals surface area contributed by atoms with E-state index < -0.39 is 0 Å².